The van der Waals surface area contributed by atoms with Crippen LogP contribution in [0.3, 0.4) is 0 Å². The lowest BCUT2D eigenvalue weighted by Crippen LogP contribution is -2.44. The fourth-order valence-corrected chi connectivity index (χ4v) is 3.15. The number of esters is 1. The summed E-state index contributed by atoms with van der Waals surface area (Å²) in [6.07, 6.45) is 7.27. The fraction of sp³-hybridized carbons (Fsp3) is 0.923. The van der Waals surface area contributed by atoms with Crippen LogP contribution in [0.25, 0.3) is 0 Å². The summed E-state index contributed by atoms with van der Waals surface area (Å²) < 4.78 is 5.21. The second kappa shape index (κ2) is 5.67. The van der Waals surface area contributed by atoms with Crippen LogP contribution in [0.2, 0.25) is 0 Å². The molecule has 2 fully saturated rings. The van der Waals surface area contributed by atoms with Crippen molar-refractivity contribution in [2.24, 2.45) is 5.92 Å². The van der Waals surface area contributed by atoms with Gasteiger partial charge in [-0.3, -0.25) is 9.69 Å². The predicted octanol–water partition coefficient (Wildman–Crippen LogP) is 2.20. The molecule has 0 aromatic heterocycles. The van der Waals surface area contributed by atoms with Gasteiger partial charge >= 0.3 is 5.97 Å². The Morgan fingerprint density at radius 2 is 1.88 bits per heavy atom. The highest BCUT2D eigenvalue weighted by Gasteiger charge is 2.36. The van der Waals surface area contributed by atoms with E-state index in [4.69, 9.17) is 4.74 Å². The Morgan fingerprint density at radius 1 is 1.19 bits per heavy atom. The van der Waals surface area contributed by atoms with Crippen molar-refractivity contribution in [1.82, 2.24) is 4.90 Å². The summed E-state index contributed by atoms with van der Waals surface area (Å²) >= 11 is 0. The van der Waals surface area contributed by atoms with E-state index in [0.29, 0.717) is 12.6 Å². The van der Waals surface area contributed by atoms with Crippen molar-refractivity contribution in [2.75, 3.05) is 19.7 Å². The topological polar surface area (TPSA) is 29.5 Å². The molecule has 0 N–H and O–H groups in total. The Balaban J connectivity index is 1.98. The van der Waals surface area contributed by atoms with Crippen LogP contribution in [0.15, 0.2) is 0 Å². The number of hydrogen-bond acceptors (Lipinski definition) is 3. The Morgan fingerprint density at radius 3 is 2.56 bits per heavy atom. The van der Waals surface area contributed by atoms with Crippen molar-refractivity contribution >= 4 is 5.97 Å². The van der Waals surface area contributed by atoms with Crippen molar-refractivity contribution in [3.63, 3.8) is 0 Å². The van der Waals surface area contributed by atoms with Crippen LogP contribution in [0.5, 0.6) is 0 Å². The van der Waals surface area contributed by atoms with Gasteiger partial charge in [0.05, 0.1) is 12.5 Å². The molecule has 1 aliphatic carbocycles. The number of rotatable bonds is 3. The van der Waals surface area contributed by atoms with E-state index in [9.17, 15) is 4.79 Å². The lowest BCUT2D eigenvalue weighted by molar-refractivity contribution is -0.151. The molecule has 1 saturated carbocycles. The third kappa shape index (κ3) is 2.57. The van der Waals surface area contributed by atoms with E-state index >= 15 is 0 Å². The summed E-state index contributed by atoms with van der Waals surface area (Å²) in [4.78, 5) is 14.4. The minimum Gasteiger partial charge on any atom is -0.466 e. The van der Waals surface area contributed by atoms with E-state index in [2.05, 4.69) is 4.90 Å². The van der Waals surface area contributed by atoms with E-state index in [1.807, 2.05) is 6.92 Å². The molecular weight excluding hydrogens is 202 g/mol. The molecule has 3 nitrogen and oxygen atoms in total. The molecule has 0 aromatic rings. The van der Waals surface area contributed by atoms with Crippen LogP contribution >= 0.6 is 0 Å². The molecule has 92 valence electrons. The van der Waals surface area contributed by atoms with Gasteiger partial charge in [0.2, 0.25) is 0 Å². The highest BCUT2D eigenvalue weighted by atomic mass is 16.5. The normalized spacial score (nSPS) is 31.6. The molecule has 16 heavy (non-hydrogen) atoms. The summed E-state index contributed by atoms with van der Waals surface area (Å²) in [6, 6.07) is 0.468. The number of carbonyl (C=O) groups excluding carboxylic acids is 1. The summed E-state index contributed by atoms with van der Waals surface area (Å²) in [7, 11) is 0. The van der Waals surface area contributed by atoms with Crippen LogP contribution in [-0.4, -0.2) is 36.6 Å². The third-order valence-corrected chi connectivity index (χ3v) is 3.93. The molecular formula is C13H23NO2. The molecule has 0 spiro atoms. The van der Waals surface area contributed by atoms with Crippen molar-refractivity contribution < 1.29 is 9.53 Å². The number of hydrogen-bond donors (Lipinski definition) is 0. The molecule has 2 aliphatic rings. The van der Waals surface area contributed by atoms with Gasteiger partial charge in [-0.05, 0) is 45.7 Å². The Labute approximate surface area is 98.1 Å². The molecule has 0 radical (unpaired) electrons. The van der Waals surface area contributed by atoms with Crippen molar-refractivity contribution in [3.05, 3.63) is 0 Å². The zero-order valence-corrected chi connectivity index (χ0v) is 10.3. The molecule has 0 bridgehead atoms. The lowest BCUT2D eigenvalue weighted by Gasteiger charge is -2.36. The average Bonchev–Trinajstić information content (AvgIpc) is 2.83. The van der Waals surface area contributed by atoms with Crippen molar-refractivity contribution in [2.45, 2.75) is 51.5 Å². The first-order valence-corrected chi connectivity index (χ1v) is 6.73. The van der Waals surface area contributed by atoms with Gasteiger partial charge < -0.3 is 4.74 Å². The zero-order valence-electron chi connectivity index (χ0n) is 10.3. The van der Waals surface area contributed by atoms with Gasteiger partial charge in [-0.15, -0.1) is 0 Å². The van der Waals surface area contributed by atoms with Gasteiger partial charge in [-0.25, -0.2) is 0 Å². The van der Waals surface area contributed by atoms with Crippen LogP contribution in [0.1, 0.15) is 45.4 Å². The largest absolute Gasteiger partial charge is 0.466 e. The van der Waals surface area contributed by atoms with E-state index in [0.717, 1.165) is 6.42 Å². The maximum atomic E-state index is 11.9. The van der Waals surface area contributed by atoms with Crippen molar-refractivity contribution in [1.29, 1.82) is 0 Å². The molecule has 1 saturated heterocycles. The van der Waals surface area contributed by atoms with Gasteiger partial charge in [-0.1, -0.05) is 12.8 Å². The number of carbonyl (C=O) groups is 1. The Hall–Kier alpha value is -0.570. The zero-order chi connectivity index (χ0) is 11.4. The van der Waals surface area contributed by atoms with Crippen LogP contribution in [0, 0.1) is 5.92 Å². The molecule has 1 aliphatic heterocycles. The smallest absolute Gasteiger partial charge is 0.310 e. The second-order valence-electron chi connectivity index (χ2n) is 4.95. The van der Waals surface area contributed by atoms with E-state index in [-0.39, 0.29) is 11.9 Å². The maximum absolute atomic E-state index is 11.9. The van der Waals surface area contributed by atoms with E-state index in [1.54, 1.807) is 0 Å². The van der Waals surface area contributed by atoms with Gasteiger partial charge in [0, 0.05) is 6.04 Å². The third-order valence-electron chi connectivity index (χ3n) is 3.93. The quantitative estimate of drug-likeness (QED) is 0.690. The molecule has 0 unspecified atom stereocenters. The number of likely N-dealkylation sites (tertiary alicyclic amines) is 1. The van der Waals surface area contributed by atoms with Gasteiger partial charge in [0.15, 0.2) is 0 Å². The standard InChI is InChI=1S/C13H23NO2/c1-2-16-13(15)11-7-3-4-8-12(11)14-9-5-6-10-14/h11-12H,2-10H2,1H3/t11-,12+/m1/s1. The van der Waals surface area contributed by atoms with Crippen LogP contribution in [0.4, 0.5) is 0 Å². The van der Waals surface area contributed by atoms with Gasteiger partial charge in [-0.2, -0.15) is 0 Å². The summed E-state index contributed by atoms with van der Waals surface area (Å²) in [5.41, 5.74) is 0. The monoisotopic (exact) mass is 225 g/mol. The van der Waals surface area contributed by atoms with Gasteiger partial charge in [0.25, 0.3) is 0 Å². The predicted molar refractivity (Wildman–Crippen MR) is 63.2 cm³/mol. The highest BCUT2D eigenvalue weighted by Crippen LogP contribution is 2.31. The van der Waals surface area contributed by atoms with E-state index in [1.165, 1.54) is 45.2 Å². The molecule has 0 aromatic carbocycles. The first-order valence-electron chi connectivity index (χ1n) is 6.73. The molecule has 2 atom stereocenters. The average molecular weight is 225 g/mol. The van der Waals surface area contributed by atoms with E-state index < -0.39 is 0 Å². The van der Waals surface area contributed by atoms with Crippen LogP contribution < -0.4 is 0 Å². The first kappa shape index (κ1) is 11.9. The molecule has 2 rings (SSSR count). The lowest BCUT2D eigenvalue weighted by atomic mass is 9.83. The molecule has 1 heterocycles. The fourth-order valence-electron chi connectivity index (χ4n) is 3.15. The SMILES string of the molecule is CCOC(=O)[C@@H]1CCCC[C@@H]1N1CCCC1. The summed E-state index contributed by atoms with van der Waals surface area (Å²) in [5.74, 6) is 0.186. The maximum Gasteiger partial charge on any atom is 0.310 e. The molecule has 3 heteroatoms. The van der Waals surface area contributed by atoms with Crippen molar-refractivity contribution in [3.8, 4) is 0 Å². The summed E-state index contributed by atoms with van der Waals surface area (Å²) in [5, 5.41) is 0. The minimum absolute atomic E-state index is 0.0408. The second-order valence-corrected chi connectivity index (χ2v) is 4.95. The Bertz CT molecular complexity index is 236. The Kier molecular flexibility index (Phi) is 4.22. The highest BCUT2D eigenvalue weighted by molar-refractivity contribution is 5.73. The number of nitrogens with zero attached hydrogens (tertiary/aromatic N) is 1. The molecule has 0 amide bonds. The van der Waals surface area contributed by atoms with Crippen LogP contribution in [-0.2, 0) is 9.53 Å². The minimum atomic E-state index is 0.0408. The number of ether oxygens (including phenoxy) is 1. The first-order chi connectivity index (χ1) is 7.83. The summed E-state index contributed by atoms with van der Waals surface area (Å²) in [6.45, 7) is 4.77. The van der Waals surface area contributed by atoms with Gasteiger partial charge in [0.1, 0.15) is 0 Å².